The molecule has 0 radical (unpaired) electrons. The lowest BCUT2D eigenvalue weighted by atomic mass is 9.92. The molecule has 0 aliphatic carbocycles. The third kappa shape index (κ3) is 18.7. The number of aliphatic hydroxyl groups is 1. The molecule has 1 unspecified atom stereocenters. The number of amides is 8. The zero-order valence-electron chi connectivity index (χ0n) is 52.9. The van der Waals surface area contributed by atoms with E-state index >= 15 is 0 Å². The number of carbonyl (C=O) groups excluding carboxylic acids is 8. The minimum absolute atomic E-state index is 0.152. The minimum Gasteiger partial charge on any atom is -0.396 e. The number of hydrogen-bond acceptors (Lipinski definition) is 16. The summed E-state index contributed by atoms with van der Waals surface area (Å²) in [6, 6.07) is 21.9. The fourth-order valence-electron chi connectivity index (χ4n) is 13.0. The monoisotopic (exact) mass is 1260 g/mol. The molecule has 1 aromatic heterocycles. The Morgan fingerprint density at radius 2 is 1.03 bits per heavy atom. The number of rotatable bonds is 34. The van der Waals surface area contributed by atoms with Crippen LogP contribution in [0.1, 0.15) is 119 Å². The van der Waals surface area contributed by atoms with E-state index in [9.17, 15) is 43.5 Å². The van der Waals surface area contributed by atoms with Crippen molar-refractivity contribution in [2.75, 3.05) is 73.4 Å². The molecule has 0 saturated carbocycles. The molecule has 4 aliphatic heterocycles. The van der Waals surface area contributed by atoms with Crippen LogP contribution < -0.4 is 42.5 Å². The number of aryl methyl sites for hydroxylation is 1. The standard InChI is InChI=1S/C66H93N13O12/c1-5-51(67-3)60(82)73-58-46(22-25-49-27-29-53(78(49)65(58)87)62(84)71-56(43-16-10-7-11-17-43)44-18-12-8-13-19-44)40-77-41-48(75-76-77)24-31-55(81)69-32-34-89-36-38-91-39-37-90-35-33-70-64(86)57(45-20-14-9-15-21-45)72-63(85)54-30-28-50-26-23-47(42-80)59(66(88)79(50)54)74-61(83)52(6-2)68-4/h7-21,41,46-47,49-54,56-59,67-68,80H,5-6,22-40,42H2,1-4H3,(H,69,81)(H,70,86)(H,71,84)(H,72,85)(H,73,82)(H,74,83)/t46-,47-,49+,50+,51+,52+,53?,54+,57+,58+,59+/m1/s1. The molecule has 9 N–H and O–H groups in total. The van der Waals surface area contributed by atoms with Crippen LogP contribution in [0.3, 0.4) is 0 Å². The van der Waals surface area contributed by atoms with Gasteiger partial charge >= 0.3 is 0 Å². The molecule has 4 aliphatic rings. The van der Waals surface area contributed by atoms with Crippen molar-refractivity contribution in [1.29, 1.82) is 0 Å². The first kappa shape index (κ1) is 69.2. The maximum Gasteiger partial charge on any atom is 0.247 e. The molecule has 4 saturated heterocycles. The summed E-state index contributed by atoms with van der Waals surface area (Å²) in [6.45, 7) is 5.72. The van der Waals surface area contributed by atoms with E-state index in [2.05, 4.69) is 52.8 Å². The third-order valence-corrected chi connectivity index (χ3v) is 18.0. The smallest absolute Gasteiger partial charge is 0.247 e. The van der Waals surface area contributed by atoms with Crippen molar-refractivity contribution < 1.29 is 57.7 Å². The number of carbonyl (C=O) groups is 8. The van der Waals surface area contributed by atoms with Crippen LogP contribution in [0.25, 0.3) is 0 Å². The summed E-state index contributed by atoms with van der Waals surface area (Å²) in [6.07, 6.45) is 7.70. The largest absolute Gasteiger partial charge is 0.396 e. The van der Waals surface area contributed by atoms with E-state index in [1.807, 2.05) is 74.5 Å². The van der Waals surface area contributed by atoms with E-state index in [1.165, 1.54) is 0 Å². The van der Waals surface area contributed by atoms with Gasteiger partial charge in [-0.25, -0.2) is 0 Å². The Labute approximate surface area is 533 Å². The van der Waals surface area contributed by atoms with Gasteiger partial charge in [0.2, 0.25) is 47.3 Å². The van der Waals surface area contributed by atoms with Crippen molar-refractivity contribution >= 4 is 47.3 Å². The molecule has 8 amide bonds. The lowest BCUT2D eigenvalue weighted by molar-refractivity contribution is -0.144. The molecule has 0 bridgehead atoms. The fraction of sp³-hybridized carbons (Fsp3) is 0.576. The lowest BCUT2D eigenvalue weighted by Crippen LogP contribution is -2.59. The Hall–Kier alpha value is -7.68. The highest BCUT2D eigenvalue weighted by molar-refractivity contribution is 5.97. The van der Waals surface area contributed by atoms with Gasteiger partial charge in [0.1, 0.15) is 30.2 Å². The maximum absolute atomic E-state index is 14.9. The number of nitrogens with zero attached hydrogens (tertiary/aromatic N) is 5. The first-order chi connectivity index (χ1) is 44.3. The van der Waals surface area contributed by atoms with Crippen LogP contribution in [0.15, 0.2) is 97.2 Å². The van der Waals surface area contributed by atoms with Crippen LogP contribution >= 0.6 is 0 Å². The molecular formula is C66H93N13O12. The first-order valence-electron chi connectivity index (χ1n) is 32.4. The van der Waals surface area contributed by atoms with Gasteiger partial charge in [-0.1, -0.05) is 110 Å². The number of fused-ring (bicyclic) bond motifs is 2. The summed E-state index contributed by atoms with van der Waals surface area (Å²) in [7, 11) is 3.37. The zero-order valence-corrected chi connectivity index (χ0v) is 52.9. The Morgan fingerprint density at radius 3 is 1.54 bits per heavy atom. The number of aromatic nitrogens is 3. The second-order valence-electron chi connectivity index (χ2n) is 23.8. The molecule has 91 heavy (non-hydrogen) atoms. The van der Waals surface area contributed by atoms with Crippen molar-refractivity contribution in [1.82, 2.24) is 67.3 Å². The number of hydrogen-bond donors (Lipinski definition) is 9. The molecule has 11 atom stereocenters. The molecule has 3 aromatic carbocycles. The quantitative estimate of drug-likeness (QED) is 0.0301. The molecule has 494 valence electrons. The molecule has 5 heterocycles. The molecule has 8 rings (SSSR count). The van der Waals surface area contributed by atoms with E-state index in [1.54, 1.807) is 65.1 Å². The Bertz CT molecular complexity index is 2950. The van der Waals surface area contributed by atoms with Crippen molar-refractivity contribution in [2.45, 2.75) is 158 Å². The Morgan fingerprint density at radius 1 is 0.571 bits per heavy atom. The first-order valence-corrected chi connectivity index (χ1v) is 32.4. The van der Waals surface area contributed by atoms with Crippen LogP contribution in [0, 0.1) is 11.8 Å². The molecule has 4 fully saturated rings. The van der Waals surface area contributed by atoms with Gasteiger partial charge in [-0.05, 0) is 95.0 Å². The van der Waals surface area contributed by atoms with Gasteiger partial charge in [0.15, 0.2) is 0 Å². The summed E-state index contributed by atoms with van der Waals surface area (Å²) in [5.74, 6) is -3.59. The summed E-state index contributed by atoms with van der Waals surface area (Å²) in [5.41, 5.74) is 3.00. The van der Waals surface area contributed by atoms with Gasteiger partial charge in [0.25, 0.3) is 0 Å². The minimum atomic E-state index is -1.06. The number of ether oxygens (including phenoxy) is 3. The predicted octanol–water partition coefficient (Wildman–Crippen LogP) is 1.75. The second kappa shape index (κ2) is 35.2. The molecule has 25 heteroatoms. The van der Waals surface area contributed by atoms with Crippen molar-refractivity contribution in [3.05, 3.63) is 120 Å². The number of likely N-dealkylation sites (N-methyl/N-ethyl adjacent to an activating group) is 2. The number of aliphatic hydroxyl groups excluding tert-OH is 1. The van der Waals surface area contributed by atoms with E-state index in [4.69, 9.17) is 14.2 Å². The van der Waals surface area contributed by atoms with Gasteiger partial charge in [0.05, 0.1) is 63.5 Å². The predicted molar refractivity (Wildman–Crippen MR) is 337 cm³/mol. The van der Waals surface area contributed by atoms with E-state index in [-0.39, 0.29) is 113 Å². The molecular weight excluding hydrogens is 1170 g/mol. The van der Waals surface area contributed by atoms with E-state index < -0.39 is 72.0 Å². The van der Waals surface area contributed by atoms with Crippen molar-refractivity contribution in [3.8, 4) is 0 Å². The van der Waals surface area contributed by atoms with Crippen LogP contribution in [0.5, 0.6) is 0 Å². The van der Waals surface area contributed by atoms with Gasteiger partial charge in [-0.15, -0.1) is 5.10 Å². The zero-order chi connectivity index (χ0) is 64.7. The van der Waals surface area contributed by atoms with Crippen molar-refractivity contribution in [3.63, 3.8) is 0 Å². The van der Waals surface area contributed by atoms with Crippen LogP contribution in [-0.4, -0.2) is 199 Å². The lowest BCUT2D eigenvalue weighted by Gasteiger charge is -2.33. The molecule has 0 spiro atoms. The van der Waals surface area contributed by atoms with Gasteiger partial charge in [-0.2, -0.15) is 0 Å². The van der Waals surface area contributed by atoms with Crippen LogP contribution in [0.2, 0.25) is 0 Å². The highest BCUT2D eigenvalue weighted by Crippen LogP contribution is 2.37. The Balaban J connectivity index is 0.716. The fourth-order valence-corrected chi connectivity index (χ4v) is 13.0. The average molecular weight is 1260 g/mol. The highest BCUT2D eigenvalue weighted by atomic mass is 16.5. The summed E-state index contributed by atoms with van der Waals surface area (Å²) in [5, 5.41) is 42.8. The maximum atomic E-state index is 14.9. The van der Waals surface area contributed by atoms with Crippen LogP contribution in [0.4, 0.5) is 0 Å². The summed E-state index contributed by atoms with van der Waals surface area (Å²) >= 11 is 0. The van der Waals surface area contributed by atoms with Crippen LogP contribution in [-0.2, 0) is 65.5 Å². The topological polar surface area (TPSA) is 318 Å². The van der Waals surface area contributed by atoms with E-state index in [0.717, 1.165) is 11.1 Å². The molecule has 25 nitrogen and oxygen atoms in total. The second-order valence-corrected chi connectivity index (χ2v) is 23.8. The summed E-state index contributed by atoms with van der Waals surface area (Å²) < 4.78 is 18.6. The van der Waals surface area contributed by atoms with Gasteiger partial charge in [0, 0.05) is 69.2 Å². The van der Waals surface area contributed by atoms with Gasteiger partial charge in [-0.3, -0.25) is 43.0 Å². The molecule has 4 aromatic rings. The third-order valence-electron chi connectivity index (χ3n) is 18.0. The van der Waals surface area contributed by atoms with E-state index in [0.29, 0.717) is 88.5 Å². The SMILES string of the molecule is CC[C@H](NC)C(=O)N[C@@H]1C(=O)N2C(C(=O)NC(c3ccccc3)c3ccccc3)CC[C@@H]2CC[C@@H]1Cn1cc(CCC(=O)NCCOCCOCCOCCNC(=O)[C@@H](NC(=O)[C@@H]2CC[C@@H]3CC[C@H](CO)[C@H](NC(=O)[C@H](CC)NC)C(=O)N32)c2ccccc2)nn1. The number of benzene rings is 3. The van der Waals surface area contributed by atoms with Crippen molar-refractivity contribution in [2.24, 2.45) is 11.8 Å². The Kier molecular flexibility index (Phi) is 26.8. The highest BCUT2D eigenvalue weighted by Gasteiger charge is 2.50. The van der Waals surface area contributed by atoms with Gasteiger partial charge < -0.3 is 71.7 Å². The number of nitrogens with one attached hydrogen (secondary N) is 8. The normalized spacial score (nSPS) is 22.4. The summed E-state index contributed by atoms with van der Waals surface area (Å²) in [4.78, 5) is 114. The average Bonchev–Trinajstić information content (AvgIpc) is 1.79.